The van der Waals surface area contributed by atoms with Crippen molar-refractivity contribution in [2.45, 2.75) is 46.1 Å². The van der Waals surface area contributed by atoms with E-state index < -0.39 is 0 Å². The van der Waals surface area contributed by atoms with Gasteiger partial charge in [0.05, 0.1) is 6.54 Å². The van der Waals surface area contributed by atoms with E-state index in [1.54, 1.807) is 0 Å². The highest BCUT2D eigenvalue weighted by atomic mass is 14.7. The van der Waals surface area contributed by atoms with Crippen LogP contribution in [-0.2, 0) is 6.54 Å². The number of fused-ring (bicyclic) bond motifs is 1. The summed E-state index contributed by atoms with van der Waals surface area (Å²) in [6.07, 6.45) is 2.01. The molecule has 0 aliphatic carbocycles. The van der Waals surface area contributed by atoms with Gasteiger partial charge in [0, 0.05) is 6.21 Å². The maximum absolute atomic E-state index is 4.33. The van der Waals surface area contributed by atoms with Gasteiger partial charge >= 0.3 is 0 Å². The molecule has 0 saturated heterocycles. The predicted octanol–water partition coefficient (Wildman–Crippen LogP) is 3.87. The first-order valence-corrected chi connectivity index (χ1v) is 5.76. The third kappa shape index (κ3) is 1.83. The third-order valence-corrected chi connectivity index (χ3v) is 3.08. The van der Waals surface area contributed by atoms with Gasteiger partial charge in [-0.3, -0.25) is 4.99 Å². The molecule has 2 rings (SSSR count). The van der Waals surface area contributed by atoms with Crippen molar-refractivity contribution in [3.8, 4) is 0 Å². The molecule has 1 heteroatoms. The second-order valence-electron chi connectivity index (χ2n) is 4.96. The summed E-state index contributed by atoms with van der Waals surface area (Å²) in [6.45, 7) is 9.93. The Kier molecular flexibility index (Phi) is 2.64. The summed E-state index contributed by atoms with van der Waals surface area (Å²) in [5.74, 6) is 1.20. The molecular formula is C14H19N. The normalized spacial score (nSPS) is 14.0. The molecule has 80 valence electrons. The first kappa shape index (κ1) is 10.4. The van der Waals surface area contributed by atoms with Crippen molar-refractivity contribution in [2.75, 3.05) is 0 Å². The summed E-state index contributed by atoms with van der Waals surface area (Å²) >= 11 is 0. The Bertz CT molecular complexity index is 400. The minimum atomic E-state index is 0.599. The summed E-state index contributed by atoms with van der Waals surface area (Å²) in [5.41, 5.74) is 5.69. The zero-order valence-electron chi connectivity index (χ0n) is 10.0. The van der Waals surface area contributed by atoms with E-state index in [4.69, 9.17) is 0 Å². The van der Waals surface area contributed by atoms with Gasteiger partial charge in [0.2, 0.25) is 0 Å². The van der Waals surface area contributed by atoms with Gasteiger partial charge in [0.15, 0.2) is 0 Å². The minimum absolute atomic E-state index is 0.599. The zero-order chi connectivity index (χ0) is 11.0. The Hall–Kier alpha value is -1.11. The van der Waals surface area contributed by atoms with Crippen LogP contribution in [0.15, 0.2) is 17.1 Å². The fourth-order valence-corrected chi connectivity index (χ4v) is 2.20. The van der Waals surface area contributed by atoms with E-state index in [2.05, 4.69) is 44.8 Å². The Morgan fingerprint density at radius 2 is 1.60 bits per heavy atom. The average Bonchev–Trinajstić information content (AvgIpc) is 2.61. The lowest BCUT2D eigenvalue weighted by Gasteiger charge is -2.17. The topological polar surface area (TPSA) is 12.4 Å². The summed E-state index contributed by atoms with van der Waals surface area (Å²) in [7, 11) is 0. The van der Waals surface area contributed by atoms with Gasteiger partial charge in [0.25, 0.3) is 0 Å². The number of nitrogens with zero attached hydrogens (tertiary/aromatic N) is 1. The molecule has 1 aromatic carbocycles. The maximum atomic E-state index is 4.33. The molecule has 1 aliphatic heterocycles. The Morgan fingerprint density at radius 3 is 2.20 bits per heavy atom. The fourth-order valence-electron chi connectivity index (χ4n) is 2.20. The molecule has 15 heavy (non-hydrogen) atoms. The minimum Gasteiger partial charge on any atom is -0.288 e. The van der Waals surface area contributed by atoms with Gasteiger partial charge in [-0.05, 0) is 40.2 Å². The lowest BCUT2D eigenvalue weighted by atomic mass is 9.87. The van der Waals surface area contributed by atoms with Crippen LogP contribution in [0.5, 0.6) is 0 Å². The monoisotopic (exact) mass is 201 g/mol. The van der Waals surface area contributed by atoms with E-state index in [9.17, 15) is 0 Å². The molecule has 0 atom stereocenters. The van der Waals surface area contributed by atoms with Crippen LogP contribution in [0.2, 0.25) is 0 Å². The van der Waals surface area contributed by atoms with Crippen molar-refractivity contribution in [1.82, 2.24) is 0 Å². The number of benzene rings is 1. The maximum Gasteiger partial charge on any atom is 0.0646 e. The quantitative estimate of drug-likeness (QED) is 0.689. The lowest BCUT2D eigenvalue weighted by molar-refractivity contribution is 0.787. The van der Waals surface area contributed by atoms with Gasteiger partial charge in [-0.2, -0.15) is 0 Å². The van der Waals surface area contributed by atoms with Crippen molar-refractivity contribution >= 4 is 6.21 Å². The molecule has 1 nitrogen and oxygen atoms in total. The van der Waals surface area contributed by atoms with Crippen LogP contribution in [0.1, 0.15) is 61.8 Å². The SMILES string of the molecule is CC(C)c1cc2c(cc1C(C)C)CN=C2. The number of rotatable bonds is 2. The van der Waals surface area contributed by atoms with Gasteiger partial charge in [0.1, 0.15) is 0 Å². The van der Waals surface area contributed by atoms with Crippen LogP contribution >= 0.6 is 0 Å². The average molecular weight is 201 g/mol. The molecule has 0 spiro atoms. The number of hydrogen-bond acceptors (Lipinski definition) is 1. The second-order valence-corrected chi connectivity index (χ2v) is 4.96. The molecule has 0 bridgehead atoms. The van der Waals surface area contributed by atoms with E-state index in [0.717, 1.165) is 6.54 Å². The van der Waals surface area contributed by atoms with Crippen LogP contribution in [0.4, 0.5) is 0 Å². The van der Waals surface area contributed by atoms with Gasteiger partial charge in [-0.1, -0.05) is 33.8 Å². The smallest absolute Gasteiger partial charge is 0.0646 e. The largest absolute Gasteiger partial charge is 0.288 e. The van der Waals surface area contributed by atoms with E-state index in [0.29, 0.717) is 11.8 Å². The highest BCUT2D eigenvalue weighted by Gasteiger charge is 2.15. The van der Waals surface area contributed by atoms with E-state index in [-0.39, 0.29) is 0 Å². The van der Waals surface area contributed by atoms with Crippen molar-refractivity contribution in [3.05, 3.63) is 34.4 Å². The zero-order valence-corrected chi connectivity index (χ0v) is 10.0. The van der Waals surface area contributed by atoms with Crippen LogP contribution in [0.25, 0.3) is 0 Å². The predicted molar refractivity (Wildman–Crippen MR) is 65.9 cm³/mol. The molecule has 0 radical (unpaired) electrons. The van der Waals surface area contributed by atoms with Gasteiger partial charge < -0.3 is 0 Å². The molecule has 0 unspecified atom stereocenters. The Balaban J connectivity index is 2.55. The van der Waals surface area contributed by atoms with Crippen LogP contribution in [-0.4, -0.2) is 6.21 Å². The van der Waals surface area contributed by atoms with Crippen LogP contribution in [0, 0.1) is 0 Å². The highest BCUT2D eigenvalue weighted by molar-refractivity contribution is 5.85. The molecule has 1 heterocycles. The van der Waals surface area contributed by atoms with Gasteiger partial charge in [-0.15, -0.1) is 0 Å². The fraction of sp³-hybridized carbons (Fsp3) is 0.500. The summed E-state index contributed by atoms with van der Waals surface area (Å²) in [5, 5.41) is 0. The summed E-state index contributed by atoms with van der Waals surface area (Å²) in [6, 6.07) is 4.67. The molecule has 1 aliphatic rings. The van der Waals surface area contributed by atoms with Crippen LogP contribution < -0.4 is 0 Å². The van der Waals surface area contributed by atoms with Crippen molar-refractivity contribution < 1.29 is 0 Å². The number of hydrogen-bond donors (Lipinski definition) is 0. The highest BCUT2D eigenvalue weighted by Crippen LogP contribution is 2.30. The molecule has 0 fully saturated rings. The standard InChI is InChI=1S/C14H19N/c1-9(2)13-5-11-7-15-8-12(11)6-14(13)10(3)4/h5-7,9-10H,8H2,1-4H3. The van der Waals surface area contributed by atoms with Crippen LogP contribution in [0.3, 0.4) is 0 Å². The molecule has 0 N–H and O–H groups in total. The molecule has 0 amide bonds. The van der Waals surface area contributed by atoms with Crippen molar-refractivity contribution in [1.29, 1.82) is 0 Å². The lowest BCUT2D eigenvalue weighted by Crippen LogP contribution is -2.01. The summed E-state index contributed by atoms with van der Waals surface area (Å²) in [4.78, 5) is 4.33. The third-order valence-electron chi connectivity index (χ3n) is 3.08. The van der Waals surface area contributed by atoms with E-state index in [1.165, 1.54) is 22.3 Å². The Morgan fingerprint density at radius 1 is 1.00 bits per heavy atom. The van der Waals surface area contributed by atoms with Gasteiger partial charge in [-0.25, -0.2) is 0 Å². The van der Waals surface area contributed by atoms with E-state index >= 15 is 0 Å². The van der Waals surface area contributed by atoms with E-state index in [1.807, 2.05) is 6.21 Å². The molecule has 0 saturated carbocycles. The molecule has 1 aromatic rings. The number of aliphatic imine (C=N–C) groups is 1. The van der Waals surface area contributed by atoms with Crippen molar-refractivity contribution in [2.24, 2.45) is 4.99 Å². The molecule has 0 aromatic heterocycles. The van der Waals surface area contributed by atoms with Crippen molar-refractivity contribution in [3.63, 3.8) is 0 Å². The first-order valence-electron chi connectivity index (χ1n) is 5.76. The second kappa shape index (κ2) is 3.80. The Labute approximate surface area is 92.2 Å². The summed E-state index contributed by atoms with van der Waals surface area (Å²) < 4.78 is 0. The molecular weight excluding hydrogens is 182 g/mol. The first-order chi connectivity index (χ1) is 7.09.